The Labute approximate surface area is 246 Å². The van der Waals surface area contributed by atoms with Crippen molar-refractivity contribution in [3.05, 3.63) is 59.3 Å². The molecule has 2 fully saturated rings. The lowest BCUT2D eigenvalue weighted by Gasteiger charge is -2.44. The molecule has 5 heterocycles. The Morgan fingerprint density at radius 2 is 2.02 bits per heavy atom. The predicted molar refractivity (Wildman–Crippen MR) is 158 cm³/mol. The van der Waals surface area contributed by atoms with Crippen LogP contribution in [0, 0.1) is 5.82 Å². The van der Waals surface area contributed by atoms with Crippen LogP contribution in [-0.2, 0) is 26.1 Å². The van der Waals surface area contributed by atoms with Gasteiger partial charge < -0.3 is 19.7 Å². The van der Waals surface area contributed by atoms with Gasteiger partial charge in [-0.1, -0.05) is 26.0 Å². The van der Waals surface area contributed by atoms with E-state index < -0.39 is 0 Å². The highest BCUT2D eigenvalue weighted by molar-refractivity contribution is 5.97. The SMILES string of the molecule is COC[C@@H]1COCCN1C[C@H]1CN[C@H](C)CN1CC(=O)N1CC(C)(C)c2c1cc(Cc1ccc(F)cc1)c1ncnn21. The van der Waals surface area contributed by atoms with Crippen LogP contribution in [0.3, 0.4) is 0 Å². The number of pyridine rings is 1. The number of methoxy groups -OCH3 is 1. The van der Waals surface area contributed by atoms with Crippen molar-refractivity contribution < 1.29 is 18.7 Å². The number of morpholine rings is 1. The number of aromatic nitrogens is 3. The van der Waals surface area contributed by atoms with Gasteiger partial charge in [0.05, 0.1) is 43.8 Å². The van der Waals surface area contributed by atoms with E-state index in [1.54, 1.807) is 25.6 Å². The minimum atomic E-state index is -0.303. The van der Waals surface area contributed by atoms with Gasteiger partial charge in [0.1, 0.15) is 12.1 Å². The summed E-state index contributed by atoms with van der Waals surface area (Å²) in [7, 11) is 1.73. The van der Waals surface area contributed by atoms with E-state index in [2.05, 4.69) is 52.0 Å². The number of piperazine rings is 1. The minimum Gasteiger partial charge on any atom is -0.383 e. The van der Waals surface area contributed by atoms with Gasteiger partial charge in [-0.25, -0.2) is 13.9 Å². The summed E-state index contributed by atoms with van der Waals surface area (Å²) in [5.41, 5.74) is 4.28. The molecule has 2 saturated heterocycles. The highest BCUT2D eigenvalue weighted by Crippen LogP contribution is 2.42. The molecule has 0 radical (unpaired) electrons. The molecule has 3 aromatic rings. The topological polar surface area (TPSA) is 87.5 Å². The summed E-state index contributed by atoms with van der Waals surface area (Å²) < 4.78 is 26.7. The average molecular weight is 580 g/mol. The highest BCUT2D eigenvalue weighted by atomic mass is 19.1. The lowest BCUT2D eigenvalue weighted by molar-refractivity contribution is -0.121. The monoisotopic (exact) mass is 579 g/mol. The molecule has 3 aliphatic heterocycles. The zero-order chi connectivity index (χ0) is 29.4. The maximum absolute atomic E-state index is 14.2. The second-order valence-corrected chi connectivity index (χ2v) is 12.6. The predicted octanol–water partition coefficient (Wildman–Crippen LogP) is 2.09. The van der Waals surface area contributed by atoms with Gasteiger partial charge in [0, 0.05) is 69.3 Å². The van der Waals surface area contributed by atoms with Crippen LogP contribution in [0.5, 0.6) is 0 Å². The van der Waals surface area contributed by atoms with Crippen LogP contribution in [0.15, 0.2) is 36.7 Å². The number of carbonyl (C=O) groups is 1. The van der Waals surface area contributed by atoms with E-state index in [1.807, 2.05) is 9.42 Å². The summed E-state index contributed by atoms with van der Waals surface area (Å²) in [5.74, 6) is -0.175. The van der Waals surface area contributed by atoms with Crippen LogP contribution in [0.25, 0.3) is 5.65 Å². The third-order valence-electron chi connectivity index (χ3n) is 8.91. The average Bonchev–Trinajstić information content (AvgIpc) is 3.55. The number of nitrogens with zero attached hydrogens (tertiary/aromatic N) is 6. The second-order valence-electron chi connectivity index (χ2n) is 12.6. The number of nitrogens with one attached hydrogen (secondary N) is 1. The molecule has 6 rings (SSSR count). The van der Waals surface area contributed by atoms with Gasteiger partial charge in [-0.15, -0.1) is 0 Å². The fraction of sp³-hybridized carbons (Fsp3) is 0.581. The molecule has 2 aromatic heterocycles. The number of hydrogen-bond acceptors (Lipinski definition) is 8. The van der Waals surface area contributed by atoms with Crippen LogP contribution in [0.1, 0.15) is 37.6 Å². The number of halogens is 1. The number of hydrogen-bond donors (Lipinski definition) is 1. The summed E-state index contributed by atoms with van der Waals surface area (Å²) >= 11 is 0. The van der Waals surface area contributed by atoms with Crippen molar-refractivity contribution in [2.75, 3.05) is 71.1 Å². The van der Waals surface area contributed by atoms with Crippen LogP contribution >= 0.6 is 0 Å². The van der Waals surface area contributed by atoms with E-state index in [1.165, 1.54) is 12.1 Å². The molecular weight excluding hydrogens is 537 g/mol. The lowest BCUT2D eigenvalue weighted by Crippen LogP contribution is -2.62. The summed E-state index contributed by atoms with van der Waals surface area (Å²) in [6, 6.07) is 9.34. The number of benzene rings is 1. The minimum absolute atomic E-state index is 0.0866. The van der Waals surface area contributed by atoms with Crippen molar-refractivity contribution in [1.29, 1.82) is 0 Å². The first kappa shape index (κ1) is 29.1. The first-order chi connectivity index (χ1) is 20.2. The summed E-state index contributed by atoms with van der Waals surface area (Å²) in [6.07, 6.45) is 2.14. The van der Waals surface area contributed by atoms with Gasteiger partial charge in [-0.2, -0.15) is 5.10 Å². The van der Waals surface area contributed by atoms with Gasteiger partial charge in [0.25, 0.3) is 0 Å². The van der Waals surface area contributed by atoms with Gasteiger partial charge >= 0.3 is 0 Å². The molecule has 1 N–H and O–H groups in total. The summed E-state index contributed by atoms with van der Waals surface area (Å²) in [6.45, 7) is 12.8. The molecule has 0 aliphatic carbocycles. The fourth-order valence-corrected chi connectivity index (χ4v) is 6.81. The maximum atomic E-state index is 14.2. The fourth-order valence-electron chi connectivity index (χ4n) is 6.81. The summed E-state index contributed by atoms with van der Waals surface area (Å²) in [4.78, 5) is 25.5. The van der Waals surface area contributed by atoms with Gasteiger partial charge in [0.2, 0.25) is 5.91 Å². The summed E-state index contributed by atoms with van der Waals surface area (Å²) in [5, 5.41) is 8.21. The molecule has 10 nitrogen and oxygen atoms in total. The zero-order valence-corrected chi connectivity index (χ0v) is 25.1. The van der Waals surface area contributed by atoms with Gasteiger partial charge in [0.15, 0.2) is 5.65 Å². The number of rotatable bonds is 8. The Kier molecular flexibility index (Phi) is 8.30. The van der Waals surface area contributed by atoms with E-state index >= 15 is 0 Å². The first-order valence-electron chi connectivity index (χ1n) is 14.9. The standard InChI is InChI=1S/C31H42FN7O3/c1-21-14-37(25(13-33-21)15-36-9-10-42-18-26(36)17-41-4)16-28(40)38-19-31(2,3)29-27(38)12-23(30-34-20-35-39(29)30)11-22-5-7-24(32)8-6-22/h5-8,12,20-21,25-26,33H,9-11,13-19H2,1-4H3/t21-,25-,26-/m1/s1. The van der Waals surface area contributed by atoms with Crippen LogP contribution in [0.2, 0.25) is 0 Å². The Morgan fingerprint density at radius 1 is 1.21 bits per heavy atom. The smallest absolute Gasteiger partial charge is 0.241 e. The molecule has 0 saturated carbocycles. The van der Waals surface area contributed by atoms with Gasteiger partial charge in [-0.3, -0.25) is 14.6 Å². The Balaban J connectivity index is 1.26. The molecule has 1 aromatic carbocycles. The zero-order valence-electron chi connectivity index (χ0n) is 25.1. The molecule has 3 aliphatic rings. The number of fused-ring (bicyclic) bond motifs is 3. The first-order valence-corrected chi connectivity index (χ1v) is 14.9. The van der Waals surface area contributed by atoms with E-state index in [0.29, 0.717) is 45.4 Å². The lowest BCUT2D eigenvalue weighted by atomic mass is 9.90. The third kappa shape index (κ3) is 5.80. The Hall–Kier alpha value is -2.96. The maximum Gasteiger partial charge on any atom is 0.241 e. The second kappa shape index (κ2) is 12.0. The van der Waals surface area contributed by atoms with Crippen molar-refractivity contribution in [3.8, 4) is 0 Å². The van der Waals surface area contributed by atoms with Crippen molar-refractivity contribution in [3.63, 3.8) is 0 Å². The molecule has 42 heavy (non-hydrogen) atoms. The number of carbonyl (C=O) groups excluding carboxylic acids is 1. The van der Waals surface area contributed by atoms with E-state index in [4.69, 9.17) is 9.47 Å². The number of amides is 1. The molecule has 1 amide bonds. The largest absolute Gasteiger partial charge is 0.383 e. The molecule has 0 unspecified atom stereocenters. The van der Waals surface area contributed by atoms with E-state index in [0.717, 1.165) is 54.3 Å². The third-order valence-corrected chi connectivity index (χ3v) is 8.91. The quantitative estimate of drug-likeness (QED) is 0.434. The van der Waals surface area contributed by atoms with Crippen LogP contribution < -0.4 is 10.2 Å². The highest BCUT2D eigenvalue weighted by Gasteiger charge is 2.42. The van der Waals surface area contributed by atoms with Crippen LogP contribution in [0.4, 0.5) is 10.1 Å². The van der Waals surface area contributed by atoms with Crippen molar-refractivity contribution in [1.82, 2.24) is 29.7 Å². The van der Waals surface area contributed by atoms with Crippen molar-refractivity contribution >= 4 is 17.2 Å². The van der Waals surface area contributed by atoms with E-state index in [-0.39, 0.29) is 29.2 Å². The van der Waals surface area contributed by atoms with E-state index in [9.17, 15) is 9.18 Å². The number of anilines is 1. The normalized spacial score (nSPS) is 24.8. The Morgan fingerprint density at radius 3 is 2.81 bits per heavy atom. The molecule has 0 bridgehead atoms. The number of ether oxygens (including phenoxy) is 2. The van der Waals surface area contributed by atoms with Crippen molar-refractivity contribution in [2.24, 2.45) is 0 Å². The van der Waals surface area contributed by atoms with Crippen molar-refractivity contribution in [2.45, 2.75) is 50.7 Å². The van der Waals surface area contributed by atoms with Crippen LogP contribution in [-0.4, -0.2) is 115 Å². The molecular formula is C31H42FN7O3. The molecule has 3 atom stereocenters. The molecule has 11 heteroatoms. The molecule has 0 spiro atoms. The van der Waals surface area contributed by atoms with Gasteiger partial charge in [-0.05, 0) is 30.7 Å². The Bertz CT molecular complexity index is 1410. The molecule has 226 valence electrons.